The average Bonchev–Trinajstić information content (AvgIpc) is 2.47. The predicted octanol–water partition coefficient (Wildman–Crippen LogP) is 4.24. The van der Waals surface area contributed by atoms with E-state index in [1.807, 2.05) is 12.1 Å². The van der Waals surface area contributed by atoms with Gasteiger partial charge in [0.2, 0.25) is 0 Å². The van der Waals surface area contributed by atoms with Crippen LogP contribution in [0.5, 0.6) is 0 Å². The highest BCUT2D eigenvalue weighted by Gasteiger charge is 2.07. The summed E-state index contributed by atoms with van der Waals surface area (Å²) in [6.45, 7) is 5.05. The van der Waals surface area contributed by atoms with Crippen LogP contribution in [0.2, 0.25) is 0 Å². The molecule has 0 fully saturated rings. The molecule has 0 saturated carbocycles. The fraction of sp³-hybridized carbons (Fsp3) is 0.250. The summed E-state index contributed by atoms with van der Waals surface area (Å²) in [7, 11) is 0. The molecule has 0 bridgehead atoms. The number of nitrogens with zero attached hydrogens (tertiary/aromatic N) is 1. The van der Waals surface area contributed by atoms with E-state index in [1.165, 1.54) is 22.6 Å². The maximum atomic E-state index is 10.7. The molecule has 1 N–H and O–H groups in total. The summed E-state index contributed by atoms with van der Waals surface area (Å²) in [5, 5.41) is 14.1. The summed E-state index contributed by atoms with van der Waals surface area (Å²) in [5.41, 5.74) is 1.35. The third-order valence-electron chi connectivity index (χ3n) is 2.95. The third kappa shape index (κ3) is 4.58. The monoisotopic (exact) mass is 302 g/mol. The first-order valence-corrected chi connectivity index (χ1v) is 7.61. The van der Waals surface area contributed by atoms with Gasteiger partial charge in [0.15, 0.2) is 0 Å². The van der Waals surface area contributed by atoms with Gasteiger partial charge in [-0.15, -0.1) is 0 Å². The van der Waals surface area contributed by atoms with Crippen molar-refractivity contribution in [2.45, 2.75) is 36.2 Å². The summed E-state index contributed by atoms with van der Waals surface area (Å²) in [6.07, 6.45) is 0. The molecule has 21 heavy (non-hydrogen) atoms. The molecule has 0 saturated heterocycles. The first kappa shape index (κ1) is 15.5. The minimum absolute atomic E-state index is 0.120. The van der Waals surface area contributed by atoms with Crippen LogP contribution in [0.3, 0.4) is 0 Å². The van der Waals surface area contributed by atoms with E-state index in [9.17, 15) is 10.1 Å². The van der Waals surface area contributed by atoms with E-state index in [2.05, 4.69) is 31.3 Å². The second-order valence-electron chi connectivity index (χ2n) is 5.00. The van der Waals surface area contributed by atoms with Crippen molar-refractivity contribution in [1.82, 2.24) is 5.32 Å². The number of benzene rings is 2. The molecular formula is C16H18N2O2S. The van der Waals surface area contributed by atoms with E-state index < -0.39 is 0 Å². The molecule has 0 aliphatic heterocycles. The lowest BCUT2D eigenvalue weighted by Gasteiger charge is -2.12. The molecule has 4 nitrogen and oxygen atoms in total. The Bertz CT molecular complexity index is 612. The Morgan fingerprint density at radius 1 is 1.14 bits per heavy atom. The highest BCUT2D eigenvalue weighted by atomic mass is 32.2. The van der Waals surface area contributed by atoms with Crippen molar-refractivity contribution in [2.24, 2.45) is 0 Å². The minimum Gasteiger partial charge on any atom is -0.310 e. The topological polar surface area (TPSA) is 55.2 Å². The zero-order valence-electron chi connectivity index (χ0n) is 12.1. The molecule has 0 atom stereocenters. The molecule has 2 aromatic carbocycles. The lowest BCUT2D eigenvalue weighted by atomic mass is 10.2. The maximum absolute atomic E-state index is 10.7. The fourth-order valence-electron chi connectivity index (χ4n) is 1.83. The quantitative estimate of drug-likeness (QED) is 0.640. The van der Waals surface area contributed by atoms with E-state index >= 15 is 0 Å². The molecule has 0 radical (unpaired) electrons. The molecule has 0 heterocycles. The first-order valence-electron chi connectivity index (χ1n) is 6.80. The van der Waals surface area contributed by atoms with E-state index in [4.69, 9.17) is 0 Å². The molecule has 0 amide bonds. The molecule has 0 aromatic heterocycles. The van der Waals surface area contributed by atoms with Crippen LogP contribution in [0.25, 0.3) is 0 Å². The Balaban J connectivity index is 2.13. The second kappa shape index (κ2) is 7.24. The van der Waals surface area contributed by atoms with Crippen molar-refractivity contribution < 1.29 is 4.92 Å². The summed E-state index contributed by atoms with van der Waals surface area (Å²) in [6, 6.07) is 15.3. The molecule has 110 valence electrons. The first-order chi connectivity index (χ1) is 10.1. The summed E-state index contributed by atoms with van der Waals surface area (Å²) < 4.78 is 0. The molecule has 2 rings (SSSR count). The van der Waals surface area contributed by atoms with Gasteiger partial charge >= 0.3 is 0 Å². The highest BCUT2D eigenvalue weighted by Crippen LogP contribution is 2.31. The second-order valence-corrected chi connectivity index (χ2v) is 6.11. The van der Waals surface area contributed by atoms with E-state index in [-0.39, 0.29) is 10.6 Å². The van der Waals surface area contributed by atoms with Crippen LogP contribution in [-0.4, -0.2) is 11.0 Å². The van der Waals surface area contributed by atoms with Crippen LogP contribution in [0, 0.1) is 10.1 Å². The molecule has 0 aliphatic carbocycles. The van der Waals surface area contributed by atoms with Crippen LogP contribution < -0.4 is 5.32 Å². The number of nitro benzene ring substituents is 1. The van der Waals surface area contributed by atoms with Gasteiger partial charge in [0, 0.05) is 34.5 Å². The zero-order valence-corrected chi connectivity index (χ0v) is 12.9. The van der Waals surface area contributed by atoms with Gasteiger partial charge in [-0.3, -0.25) is 10.1 Å². The van der Waals surface area contributed by atoms with Crippen LogP contribution in [0.1, 0.15) is 19.4 Å². The number of nitro groups is 1. The predicted molar refractivity (Wildman–Crippen MR) is 85.6 cm³/mol. The average molecular weight is 302 g/mol. The molecule has 0 unspecified atom stereocenters. The smallest absolute Gasteiger partial charge is 0.269 e. The van der Waals surface area contributed by atoms with Gasteiger partial charge in [0.05, 0.1) is 4.92 Å². The third-order valence-corrected chi connectivity index (χ3v) is 4.07. The summed E-state index contributed by atoms with van der Waals surface area (Å²) in [5.74, 6) is 0. The van der Waals surface area contributed by atoms with Gasteiger partial charge < -0.3 is 5.32 Å². The zero-order chi connectivity index (χ0) is 15.2. The minimum atomic E-state index is -0.380. The largest absolute Gasteiger partial charge is 0.310 e. The fourth-order valence-corrected chi connectivity index (χ4v) is 2.77. The van der Waals surface area contributed by atoms with Gasteiger partial charge in [-0.1, -0.05) is 43.8 Å². The lowest BCUT2D eigenvalue weighted by Crippen LogP contribution is -2.22. The van der Waals surface area contributed by atoms with Crippen LogP contribution in [0.4, 0.5) is 5.69 Å². The Morgan fingerprint density at radius 3 is 2.43 bits per heavy atom. The molecule has 0 aliphatic rings. The van der Waals surface area contributed by atoms with Crippen molar-refractivity contribution in [3.8, 4) is 0 Å². The van der Waals surface area contributed by atoms with Crippen molar-refractivity contribution in [2.75, 3.05) is 0 Å². The van der Waals surface area contributed by atoms with Gasteiger partial charge in [-0.05, 0) is 23.8 Å². The van der Waals surface area contributed by atoms with Crippen molar-refractivity contribution in [3.63, 3.8) is 0 Å². The lowest BCUT2D eigenvalue weighted by molar-refractivity contribution is -0.384. The summed E-state index contributed by atoms with van der Waals surface area (Å²) >= 11 is 1.62. The van der Waals surface area contributed by atoms with E-state index in [1.54, 1.807) is 23.9 Å². The highest BCUT2D eigenvalue weighted by molar-refractivity contribution is 7.99. The molecule has 0 spiro atoms. The van der Waals surface area contributed by atoms with Gasteiger partial charge in [0.1, 0.15) is 0 Å². The van der Waals surface area contributed by atoms with E-state index in [0.29, 0.717) is 6.04 Å². The Labute approximate surface area is 128 Å². The Hall–Kier alpha value is -1.85. The molecule has 5 heteroatoms. The Kier molecular flexibility index (Phi) is 5.36. The van der Waals surface area contributed by atoms with Gasteiger partial charge in [0.25, 0.3) is 5.69 Å². The SMILES string of the molecule is CC(C)NCc1ccccc1Sc1ccc([N+](=O)[O-])cc1. The molecule has 2 aromatic rings. The van der Waals surface area contributed by atoms with Crippen LogP contribution in [-0.2, 0) is 6.54 Å². The number of hydrogen-bond acceptors (Lipinski definition) is 4. The number of non-ortho nitro benzene ring substituents is 1. The standard InChI is InChI=1S/C16H18N2O2S/c1-12(2)17-11-13-5-3-4-6-16(13)21-15-9-7-14(8-10-15)18(19)20/h3-10,12,17H,11H2,1-2H3. The summed E-state index contributed by atoms with van der Waals surface area (Å²) in [4.78, 5) is 12.4. The van der Waals surface area contributed by atoms with Crippen molar-refractivity contribution in [1.29, 1.82) is 0 Å². The number of hydrogen-bond donors (Lipinski definition) is 1. The number of rotatable bonds is 6. The van der Waals surface area contributed by atoms with Gasteiger partial charge in [-0.2, -0.15) is 0 Å². The van der Waals surface area contributed by atoms with Crippen LogP contribution >= 0.6 is 11.8 Å². The van der Waals surface area contributed by atoms with Crippen LogP contribution in [0.15, 0.2) is 58.3 Å². The van der Waals surface area contributed by atoms with Crippen molar-refractivity contribution >= 4 is 17.4 Å². The molecular weight excluding hydrogens is 284 g/mol. The normalized spacial score (nSPS) is 10.8. The maximum Gasteiger partial charge on any atom is 0.269 e. The Morgan fingerprint density at radius 2 is 1.81 bits per heavy atom. The van der Waals surface area contributed by atoms with Gasteiger partial charge in [-0.25, -0.2) is 0 Å². The van der Waals surface area contributed by atoms with Crippen molar-refractivity contribution in [3.05, 3.63) is 64.2 Å². The van der Waals surface area contributed by atoms with E-state index in [0.717, 1.165) is 11.4 Å². The number of nitrogens with one attached hydrogen (secondary N) is 1.